The molecule has 0 amide bonds. The molecule has 0 aliphatic carbocycles. The predicted octanol–water partition coefficient (Wildman–Crippen LogP) is 1.75. The van der Waals surface area contributed by atoms with Gasteiger partial charge in [0, 0.05) is 6.26 Å². The molecule has 1 fully saturated rings. The highest BCUT2D eigenvalue weighted by molar-refractivity contribution is 7.92. The summed E-state index contributed by atoms with van der Waals surface area (Å²) in [6, 6.07) is 26.6. The molecule has 1 saturated heterocycles. The number of ketones is 1. The average molecular weight is 630 g/mol. The Morgan fingerprint density at radius 1 is 0.911 bits per heavy atom. The number of hydrogen-bond donors (Lipinski definition) is 4. The zero-order chi connectivity index (χ0) is 32.2. The minimum absolute atomic E-state index is 0.0314. The predicted molar refractivity (Wildman–Crippen MR) is 164 cm³/mol. The van der Waals surface area contributed by atoms with Crippen molar-refractivity contribution < 1.29 is 33.3 Å². The van der Waals surface area contributed by atoms with Crippen LogP contribution in [-0.4, -0.2) is 78.0 Å². The summed E-state index contributed by atoms with van der Waals surface area (Å²) in [5.74, 6) is -1.18. The number of aliphatic hydroxyl groups is 3. The fourth-order valence-corrected chi connectivity index (χ4v) is 7.94. The first-order valence-corrected chi connectivity index (χ1v) is 15.9. The third kappa shape index (κ3) is 4.23. The number of imidazole rings is 1. The van der Waals surface area contributed by atoms with Gasteiger partial charge in [0.1, 0.15) is 24.1 Å². The van der Waals surface area contributed by atoms with E-state index < -0.39 is 50.0 Å². The van der Waals surface area contributed by atoms with E-state index in [9.17, 15) is 28.5 Å². The molecule has 232 valence electrons. The van der Waals surface area contributed by atoms with Crippen LogP contribution in [0.2, 0.25) is 0 Å². The first-order chi connectivity index (χ1) is 21.4. The Kier molecular flexibility index (Phi) is 7.33. The molecule has 5 aromatic rings. The van der Waals surface area contributed by atoms with E-state index in [1.54, 1.807) is 91.0 Å². The van der Waals surface area contributed by atoms with Crippen LogP contribution >= 0.6 is 0 Å². The smallest absolute Gasteiger partial charge is 0.250 e. The first-order valence-electron chi connectivity index (χ1n) is 14.0. The molecular formula is C32H31N5O7S. The van der Waals surface area contributed by atoms with Crippen LogP contribution in [0.4, 0.5) is 5.82 Å². The molecular weight excluding hydrogens is 598 g/mol. The third-order valence-corrected chi connectivity index (χ3v) is 10.4. The molecule has 6 rings (SSSR count). The number of nitrogens with zero attached hydrogens (tertiary/aromatic N) is 4. The van der Waals surface area contributed by atoms with Crippen molar-refractivity contribution in [2.45, 2.75) is 41.3 Å². The number of nitrogen functional groups attached to an aromatic ring is 1. The van der Waals surface area contributed by atoms with E-state index in [1.165, 1.54) is 0 Å². The number of aromatic nitrogens is 4. The summed E-state index contributed by atoms with van der Waals surface area (Å²) in [6.07, 6.45) is -3.03. The van der Waals surface area contributed by atoms with Crippen LogP contribution in [0.1, 0.15) is 29.8 Å². The van der Waals surface area contributed by atoms with Gasteiger partial charge in [0.2, 0.25) is 4.93 Å². The second-order valence-electron chi connectivity index (χ2n) is 11.1. The minimum atomic E-state index is -4.79. The zero-order valence-corrected chi connectivity index (χ0v) is 25.1. The van der Waals surface area contributed by atoms with Crippen molar-refractivity contribution in [3.8, 4) is 0 Å². The maximum atomic E-state index is 13.6. The van der Waals surface area contributed by atoms with Crippen molar-refractivity contribution in [1.29, 1.82) is 0 Å². The Balaban J connectivity index is 1.68. The van der Waals surface area contributed by atoms with Crippen LogP contribution < -0.4 is 5.73 Å². The highest BCUT2D eigenvalue weighted by Gasteiger charge is 2.77. The fraction of sp³-hybridized carbons (Fsp3) is 0.250. The van der Waals surface area contributed by atoms with Gasteiger partial charge in [0.25, 0.3) is 0 Å². The average Bonchev–Trinajstić information content (AvgIpc) is 3.57. The molecule has 0 saturated carbocycles. The van der Waals surface area contributed by atoms with Crippen LogP contribution in [0.25, 0.3) is 11.2 Å². The molecule has 3 heterocycles. The Hall–Kier alpha value is -4.53. The SMILES string of the molecule is CC(=O)[C@]1(O)[C@@H](C(O)C(c2ccccc2)(c2ccccc2)c2ccccc2)O[C@@H](n2cnc3c(N)ncnc32)[C@@]1(O)S(C)(=O)=O. The van der Waals surface area contributed by atoms with Gasteiger partial charge in [-0.2, -0.15) is 0 Å². The highest BCUT2D eigenvalue weighted by atomic mass is 32.2. The lowest BCUT2D eigenvalue weighted by Crippen LogP contribution is -2.69. The van der Waals surface area contributed by atoms with Gasteiger partial charge in [0.05, 0.1) is 11.7 Å². The number of sulfone groups is 1. The van der Waals surface area contributed by atoms with Crippen LogP contribution in [0.3, 0.4) is 0 Å². The van der Waals surface area contributed by atoms with E-state index >= 15 is 0 Å². The van der Waals surface area contributed by atoms with Gasteiger partial charge in [-0.3, -0.25) is 9.36 Å². The molecule has 13 heteroatoms. The molecule has 1 aliphatic rings. The number of carbonyl (C=O) groups excluding carboxylic acids is 1. The molecule has 0 bridgehead atoms. The van der Waals surface area contributed by atoms with E-state index in [4.69, 9.17) is 10.5 Å². The van der Waals surface area contributed by atoms with Gasteiger partial charge in [-0.15, -0.1) is 0 Å². The van der Waals surface area contributed by atoms with E-state index in [1.807, 2.05) is 0 Å². The summed E-state index contributed by atoms with van der Waals surface area (Å²) >= 11 is 0. The number of carbonyl (C=O) groups is 1. The van der Waals surface area contributed by atoms with Gasteiger partial charge in [-0.05, 0) is 23.6 Å². The van der Waals surface area contributed by atoms with E-state index in [0.717, 1.165) is 24.1 Å². The Morgan fingerprint density at radius 3 is 1.84 bits per heavy atom. The Bertz CT molecular complexity index is 1880. The van der Waals surface area contributed by atoms with Gasteiger partial charge >= 0.3 is 0 Å². The minimum Gasteiger partial charge on any atom is -0.389 e. The number of benzene rings is 3. The summed E-state index contributed by atoms with van der Waals surface area (Å²) in [6.45, 7) is 0.934. The topological polar surface area (TPSA) is 191 Å². The molecule has 3 aromatic carbocycles. The molecule has 1 aliphatic heterocycles. The number of fused-ring (bicyclic) bond motifs is 1. The van der Waals surface area contributed by atoms with E-state index in [0.29, 0.717) is 22.9 Å². The number of Topliss-reactive ketones (excluding diaryl/α,β-unsaturated/α-hetero) is 1. The van der Waals surface area contributed by atoms with E-state index in [2.05, 4.69) is 15.0 Å². The standard InChI is InChI=1S/C32H31N5O7S/c1-20(38)31(40)26(44-29(32(31,41)45(2,42)43)37-19-36-24-27(33)34-18-35-28(24)37)25(39)30(21-12-6-3-7-13-21,22-14-8-4-9-15-22)23-16-10-5-11-17-23/h3-19,25-26,29,39-41H,1-2H3,(H2,33,34,35)/t25?,26-,29-,31+,32-/m1/s1. The largest absolute Gasteiger partial charge is 0.389 e. The summed E-state index contributed by atoms with van der Waals surface area (Å²) in [5, 5.41) is 37.4. The maximum absolute atomic E-state index is 13.6. The number of anilines is 1. The van der Waals surface area contributed by atoms with Crippen molar-refractivity contribution in [1.82, 2.24) is 19.5 Å². The van der Waals surface area contributed by atoms with Crippen molar-refractivity contribution in [2.75, 3.05) is 12.0 Å². The van der Waals surface area contributed by atoms with Crippen molar-refractivity contribution in [3.63, 3.8) is 0 Å². The van der Waals surface area contributed by atoms with Crippen LogP contribution in [0.15, 0.2) is 104 Å². The summed E-state index contributed by atoms with van der Waals surface area (Å²) < 4.78 is 34.5. The number of ether oxygens (including phenoxy) is 1. The molecule has 5 atom stereocenters. The Labute approximate surface area is 258 Å². The molecule has 12 nitrogen and oxygen atoms in total. The molecule has 0 spiro atoms. The lowest BCUT2D eigenvalue weighted by Gasteiger charge is -2.45. The maximum Gasteiger partial charge on any atom is 0.250 e. The number of aliphatic hydroxyl groups excluding tert-OH is 1. The highest BCUT2D eigenvalue weighted by Crippen LogP contribution is 2.55. The molecule has 1 unspecified atom stereocenters. The summed E-state index contributed by atoms with van der Waals surface area (Å²) in [7, 11) is -4.79. The lowest BCUT2D eigenvalue weighted by molar-refractivity contribution is -0.165. The van der Waals surface area contributed by atoms with Crippen LogP contribution in [0, 0.1) is 0 Å². The molecule has 0 radical (unpaired) electrons. The van der Waals surface area contributed by atoms with Crippen LogP contribution in [-0.2, 0) is 24.8 Å². The number of rotatable bonds is 8. The van der Waals surface area contributed by atoms with E-state index in [-0.39, 0.29) is 17.0 Å². The second-order valence-corrected chi connectivity index (χ2v) is 13.3. The third-order valence-electron chi connectivity index (χ3n) is 8.73. The van der Waals surface area contributed by atoms with Crippen LogP contribution in [0.5, 0.6) is 0 Å². The van der Waals surface area contributed by atoms with Gasteiger partial charge in [-0.25, -0.2) is 23.4 Å². The monoisotopic (exact) mass is 629 g/mol. The van der Waals surface area contributed by atoms with Gasteiger partial charge < -0.3 is 25.8 Å². The normalized spacial score (nSPS) is 24.5. The summed E-state index contributed by atoms with van der Waals surface area (Å²) in [5.41, 5.74) is 2.87. The first kappa shape index (κ1) is 30.5. The van der Waals surface area contributed by atoms with Gasteiger partial charge in [-0.1, -0.05) is 91.0 Å². The fourth-order valence-electron chi connectivity index (χ4n) is 6.58. The molecule has 5 N–H and O–H groups in total. The number of hydrogen-bond acceptors (Lipinski definition) is 11. The van der Waals surface area contributed by atoms with Crippen molar-refractivity contribution >= 4 is 32.6 Å². The quantitative estimate of drug-likeness (QED) is 0.183. The zero-order valence-electron chi connectivity index (χ0n) is 24.3. The lowest BCUT2D eigenvalue weighted by atomic mass is 9.62. The van der Waals surface area contributed by atoms with Crippen molar-refractivity contribution in [3.05, 3.63) is 120 Å². The second kappa shape index (κ2) is 10.8. The summed E-state index contributed by atoms with van der Waals surface area (Å²) in [4.78, 5) is 22.4. The number of nitrogens with two attached hydrogens (primary N) is 1. The molecule has 2 aromatic heterocycles. The van der Waals surface area contributed by atoms with Gasteiger partial charge in [0.15, 0.2) is 38.9 Å². The molecule has 45 heavy (non-hydrogen) atoms. The van der Waals surface area contributed by atoms with Crippen molar-refractivity contribution in [2.24, 2.45) is 0 Å². The Morgan fingerprint density at radius 2 is 1.40 bits per heavy atom.